The SMILES string of the molecule is CC(N)CNS(=O)(=O)c1ccc(Cl)c(Cl)c1. The number of sulfonamides is 1. The first-order valence-corrected chi connectivity index (χ1v) is 6.77. The molecule has 0 fully saturated rings. The lowest BCUT2D eigenvalue weighted by Gasteiger charge is -2.09. The van der Waals surface area contributed by atoms with E-state index in [0.29, 0.717) is 5.02 Å². The fourth-order valence-corrected chi connectivity index (χ4v) is 2.50. The molecular formula is C9H12Cl2N2O2S. The number of nitrogens with one attached hydrogen (secondary N) is 1. The Balaban J connectivity index is 2.94. The van der Waals surface area contributed by atoms with Crippen molar-refractivity contribution in [2.45, 2.75) is 17.9 Å². The van der Waals surface area contributed by atoms with Crippen molar-refractivity contribution in [1.29, 1.82) is 0 Å². The van der Waals surface area contributed by atoms with Crippen LogP contribution in [0.5, 0.6) is 0 Å². The van der Waals surface area contributed by atoms with Crippen molar-refractivity contribution in [1.82, 2.24) is 4.72 Å². The van der Waals surface area contributed by atoms with Crippen LogP contribution < -0.4 is 10.5 Å². The van der Waals surface area contributed by atoms with Gasteiger partial charge in [0.2, 0.25) is 10.0 Å². The van der Waals surface area contributed by atoms with Crippen LogP contribution in [0.2, 0.25) is 10.0 Å². The van der Waals surface area contributed by atoms with E-state index in [9.17, 15) is 8.42 Å². The lowest BCUT2D eigenvalue weighted by Crippen LogP contribution is -2.35. The third kappa shape index (κ3) is 3.61. The fraction of sp³-hybridized carbons (Fsp3) is 0.333. The van der Waals surface area contributed by atoms with Gasteiger partial charge in [-0.3, -0.25) is 0 Å². The minimum Gasteiger partial charge on any atom is -0.327 e. The molecule has 0 saturated heterocycles. The second-order valence-corrected chi connectivity index (χ2v) is 5.99. The summed E-state index contributed by atoms with van der Waals surface area (Å²) in [6.45, 7) is 1.87. The van der Waals surface area contributed by atoms with Gasteiger partial charge in [0.1, 0.15) is 0 Å². The summed E-state index contributed by atoms with van der Waals surface area (Å²) in [4.78, 5) is 0.0718. The Hall–Kier alpha value is -0.330. The third-order valence-electron chi connectivity index (χ3n) is 1.80. The summed E-state index contributed by atoms with van der Waals surface area (Å²) in [6.07, 6.45) is 0. The van der Waals surface area contributed by atoms with Gasteiger partial charge in [-0.15, -0.1) is 0 Å². The van der Waals surface area contributed by atoms with Gasteiger partial charge in [0, 0.05) is 12.6 Å². The molecule has 0 heterocycles. The van der Waals surface area contributed by atoms with Gasteiger partial charge in [0.05, 0.1) is 14.9 Å². The zero-order valence-electron chi connectivity index (χ0n) is 8.57. The molecule has 0 spiro atoms. The summed E-state index contributed by atoms with van der Waals surface area (Å²) in [5.41, 5.74) is 5.46. The summed E-state index contributed by atoms with van der Waals surface area (Å²) < 4.78 is 25.8. The van der Waals surface area contributed by atoms with Crippen LogP contribution >= 0.6 is 23.2 Å². The molecule has 0 aromatic heterocycles. The quantitative estimate of drug-likeness (QED) is 0.882. The highest BCUT2D eigenvalue weighted by atomic mass is 35.5. The molecule has 0 saturated carbocycles. The van der Waals surface area contributed by atoms with E-state index < -0.39 is 10.0 Å². The van der Waals surface area contributed by atoms with Crippen LogP contribution in [0.25, 0.3) is 0 Å². The molecule has 7 heteroatoms. The first kappa shape index (κ1) is 13.7. The highest BCUT2D eigenvalue weighted by molar-refractivity contribution is 7.89. The van der Waals surface area contributed by atoms with Gasteiger partial charge in [0.25, 0.3) is 0 Å². The highest BCUT2D eigenvalue weighted by Gasteiger charge is 2.15. The van der Waals surface area contributed by atoms with E-state index in [-0.39, 0.29) is 22.5 Å². The number of hydrogen-bond donors (Lipinski definition) is 2. The molecule has 0 bridgehead atoms. The van der Waals surface area contributed by atoms with E-state index in [1.165, 1.54) is 18.2 Å². The van der Waals surface area contributed by atoms with Crippen LogP contribution in [0.4, 0.5) is 0 Å². The highest BCUT2D eigenvalue weighted by Crippen LogP contribution is 2.24. The lowest BCUT2D eigenvalue weighted by atomic mass is 10.4. The fourth-order valence-electron chi connectivity index (χ4n) is 0.968. The van der Waals surface area contributed by atoms with Crippen molar-refractivity contribution < 1.29 is 8.42 Å². The molecule has 4 nitrogen and oxygen atoms in total. The molecular weight excluding hydrogens is 271 g/mol. The Morgan fingerprint density at radius 3 is 2.50 bits per heavy atom. The number of hydrogen-bond acceptors (Lipinski definition) is 3. The standard InChI is InChI=1S/C9H12Cl2N2O2S/c1-6(12)5-13-16(14,15)7-2-3-8(10)9(11)4-7/h2-4,6,13H,5,12H2,1H3. The summed E-state index contributed by atoms with van der Waals surface area (Å²) in [6, 6.07) is 3.87. The van der Waals surface area contributed by atoms with Gasteiger partial charge in [-0.2, -0.15) is 0 Å². The van der Waals surface area contributed by atoms with Crippen molar-refractivity contribution in [3.63, 3.8) is 0 Å². The van der Waals surface area contributed by atoms with Crippen molar-refractivity contribution in [3.8, 4) is 0 Å². The van der Waals surface area contributed by atoms with Crippen molar-refractivity contribution in [2.24, 2.45) is 5.73 Å². The molecule has 0 aliphatic rings. The molecule has 90 valence electrons. The van der Waals surface area contributed by atoms with Crippen LogP contribution in [-0.4, -0.2) is 21.0 Å². The van der Waals surface area contributed by atoms with Gasteiger partial charge < -0.3 is 5.73 Å². The van der Waals surface area contributed by atoms with E-state index in [4.69, 9.17) is 28.9 Å². The molecule has 1 aromatic carbocycles. The Morgan fingerprint density at radius 2 is 2.00 bits per heavy atom. The average Bonchev–Trinajstić information content (AvgIpc) is 2.19. The monoisotopic (exact) mass is 282 g/mol. The topological polar surface area (TPSA) is 72.2 Å². The number of halogens is 2. The Bertz CT molecular complexity index is 474. The second-order valence-electron chi connectivity index (χ2n) is 3.41. The summed E-state index contributed by atoms with van der Waals surface area (Å²) in [7, 11) is -3.57. The van der Waals surface area contributed by atoms with Crippen LogP contribution in [0, 0.1) is 0 Å². The number of benzene rings is 1. The normalized spacial score (nSPS) is 13.8. The molecule has 1 rings (SSSR count). The smallest absolute Gasteiger partial charge is 0.240 e. The Kier molecular flexibility index (Phi) is 4.58. The molecule has 1 atom stereocenters. The first-order valence-electron chi connectivity index (χ1n) is 4.53. The molecule has 3 N–H and O–H groups in total. The van der Waals surface area contributed by atoms with Crippen molar-refractivity contribution in [2.75, 3.05) is 6.54 Å². The lowest BCUT2D eigenvalue weighted by molar-refractivity contribution is 0.574. The van der Waals surface area contributed by atoms with E-state index in [2.05, 4.69) is 4.72 Å². The molecule has 16 heavy (non-hydrogen) atoms. The van der Waals surface area contributed by atoms with Crippen molar-refractivity contribution in [3.05, 3.63) is 28.2 Å². The summed E-state index contributed by atoms with van der Waals surface area (Å²) >= 11 is 11.4. The van der Waals surface area contributed by atoms with E-state index >= 15 is 0 Å². The van der Waals surface area contributed by atoms with Crippen LogP contribution in [-0.2, 0) is 10.0 Å². The second kappa shape index (κ2) is 5.33. The molecule has 0 aliphatic carbocycles. The van der Waals surface area contributed by atoms with Gasteiger partial charge in [-0.05, 0) is 25.1 Å². The van der Waals surface area contributed by atoms with E-state index in [1.54, 1.807) is 6.92 Å². The van der Waals surface area contributed by atoms with E-state index in [0.717, 1.165) is 0 Å². The van der Waals surface area contributed by atoms with Gasteiger partial charge in [0.15, 0.2) is 0 Å². The van der Waals surface area contributed by atoms with Crippen LogP contribution in [0.3, 0.4) is 0 Å². The minimum absolute atomic E-state index is 0.0718. The van der Waals surface area contributed by atoms with Crippen LogP contribution in [0.15, 0.2) is 23.1 Å². The zero-order valence-corrected chi connectivity index (χ0v) is 10.9. The first-order chi connectivity index (χ1) is 7.33. The number of rotatable bonds is 4. The maximum Gasteiger partial charge on any atom is 0.240 e. The van der Waals surface area contributed by atoms with Gasteiger partial charge >= 0.3 is 0 Å². The Labute approximate surface area is 105 Å². The molecule has 0 amide bonds. The predicted octanol–water partition coefficient (Wildman–Crippen LogP) is 1.62. The molecule has 1 aromatic rings. The largest absolute Gasteiger partial charge is 0.327 e. The van der Waals surface area contributed by atoms with Crippen molar-refractivity contribution >= 4 is 33.2 Å². The van der Waals surface area contributed by atoms with Gasteiger partial charge in [-0.25, -0.2) is 13.1 Å². The molecule has 0 aliphatic heterocycles. The minimum atomic E-state index is -3.57. The third-order valence-corrected chi connectivity index (χ3v) is 3.96. The van der Waals surface area contributed by atoms with E-state index in [1.807, 2.05) is 0 Å². The summed E-state index contributed by atoms with van der Waals surface area (Å²) in [5.74, 6) is 0. The number of nitrogens with two attached hydrogens (primary N) is 1. The average molecular weight is 283 g/mol. The van der Waals surface area contributed by atoms with Crippen LogP contribution in [0.1, 0.15) is 6.92 Å². The predicted molar refractivity (Wildman–Crippen MR) is 65.3 cm³/mol. The summed E-state index contributed by atoms with van der Waals surface area (Å²) in [5, 5.41) is 0.512. The maximum atomic E-state index is 11.7. The molecule has 0 radical (unpaired) electrons. The Morgan fingerprint density at radius 1 is 1.38 bits per heavy atom. The van der Waals surface area contributed by atoms with Gasteiger partial charge in [-0.1, -0.05) is 23.2 Å². The zero-order chi connectivity index (χ0) is 12.3. The molecule has 1 unspecified atom stereocenters. The maximum absolute atomic E-state index is 11.7.